The van der Waals surface area contributed by atoms with Crippen molar-refractivity contribution in [3.63, 3.8) is 0 Å². The summed E-state index contributed by atoms with van der Waals surface area (Å²) in [6.07, 6.45) is -3.10. The Morgan fingerprint density at radius 3 is 2.37 bits per heavy atom. The van der Waals surface area contributed by atoms with Gasteiger partial charge in [0.15, 0.2) is 0 Å². The maximum Gasteiger partial charge on any atom is 0.495 e. The number of alkyl halides is 2. The van der Waals surface area contributed by atoms with Crippen molar-refractivity contribution in [2.45, 2.75) is 52.2 Å². The zero-order chi connectivity index (χ0) is 17.8. The van der Waals surface area contributed by atoms with Gasteiger partial charge in [-0.2, -0.15) is 0 Å². The van der Waals surface area contributed by atoms with Gasteiger partial charge in [-0.05, 0) is 51.6 Å². The van der Waals surface area contributed by atoms with Crippen LogP contribution in [0.5, 0.6) is 0 Å². The van der Waals surface area contributed by atoms with E-state index in [0.717, 1.165) is 12.3 Å². The van der Waals surface area contributed by atoms with Gasteiger partial charge >= 0.3 is 7.12 Å². The van der Waals surface area contributed by atoms with Crippen molar-refractivity contribution >= 4 is 12.6 Å². The van der Waals surface area contributed by atoms with E-state index >= 15 is 0 Å². The molecule has 0 radical (unpaired) electrons. The van der Waals surface area contributed by atoms with E-state index in [1.54, 1.807) is 27.7 Å². The Bertz CT molecular complexity index is 601. The Kier molecular flexibility index (Phi) is 2.34. The van der Waals surface area contributed by atoms with Crippen molar-refractivity contribution in [1.82, 2.24) is 4.98 Å². The Morgan fingerprint density at radius 2 is 1.89 bits per heavy atom. The highest BCUT2D eigenvalue weighted by Crippen LogP contribution is 2.36. The van der Waals surface area contributed by atoms with Crippen molar-refractivity contribution in [3.8, 4) is 0 Å². The van der Waals surface area contributed by atoms with E-state index < -0.39 is 37.3 Å². The molecule has 6 heteroatoms. The molecule has 2 heterocycles. The van der Waals surface area contributed by atoms with E-state index in [1.165, 1.54) is 0 Å². The first-order chi connectivity index (χ1) is 10.2. The van der Waals surface area contributed by atoms with Crippen molar-refractivity contribution in [2.24, 2.45) is 0 Å². The summed E-state index contributed by atoms with van der Waals surface area (Å²) in [6, 6.07) is 0.872. The van der Waals surface area contributed by atoms with Crippen molar-refractivity contribution in [1.29, 1.82) is 0 Å². The molecule has 0 bridgehead atoms. The third-order valence-corrected chi connectivity index (χ3v) is 3.64. The van der Waals surface area contributed by atoms with Crippen LogP contribution < -0.4 is 5.46 Å². The van der Waals surface area contributed by atoms with Crippen LogP contribution in [0.1, 0.15) is 50.8 Å². The molecule has 1 saturated heterocycles. The number of aromatic nitrogens is 1. The summed E-state index contributed by atoms with van der Waals surface area (Å²) < 4.78 is 67.4. The third-order valence-electron chi connectivity index (χ3n) is 3.64. The van der Waals surface area contributed by atoms with Gasteiger partial charge in [0, 0.05) is 10.3 Å². The Hall–Kier alpha value is -1.01. The fourth-order valence-electron chi connectivity index (χ4n) is 1.74. The number of pyridine rings is 1. The molecule has 0 aliphatic carbocycles. The average Bonchev–Trinajstić information content (AvgIpc) is 2.55. The number of nitrogens with zero attached hydrogens (tertiary/aromatic N) is 1. The molecule has 1 aliphatic rings. The van der Waals surface area contributed by atoms with Crippen LogP contribution in [0.2, 0.25) is 0 Å². The second-order valence-corrected chi connectivity index (χ2v) is 5.51. The second kappa shape index (κ2) is 4.53. The molecule has 1 fully saturated rings. The minimum absolute atomic E-state index is 0.0550. The molecule has 0 amide bonds. The second-order valence-electron chi connectivity index (χ2n) is 5.51. The summed E-state index contributed by atoms with van der Waals surface area (Å²) in [7, 11) is -1.13. The van der Waals surface area contributed by atoms with E-state index in [4.69, 9.17) is 14.8 Å². The summed E-state index contributed by atoms with van der Waals surface area (Å²) >= 11 is 0. The quantitative estimate of drug-likeness (QED) is 0.776. The van der Waals surface area contributed by atoms with E-state index in [0.29, 0.717) is 0 Å². The topological polar surface area (TPSA) is 31.4 Å². The lowest BCUT2D eigenvalue weighted by atomic mass is 9.76. The fourth-order valence-corrected chi connectivity index (χ4v) is 1.74. The zero-order valence-corrected chi connectivity index (χ0v) is 11.3. The van der Waals surface area contributed by atoms with Gasteiger partial charge in [-0.1, -0.05) is 0 Å². The summed E-state index contributed by atoms with van der Waals surface area (Å²) in [5, 5.41) is 0. The lowest BCUT2D eigenvalue weighted by Crippen LogP contribution is -2.41. The largest absolute Gasteiger partial charge is 0.495 e. The molecule has 1 aliphatic heterocycles. The first-order valence-corrected chi connectivity index (χ1v) is 5.89. The van der Waals surface area contributed by atoms with Crippen LogP contribution in [0.3, 0.4) is 0 Å². The van der Waals surface area contributed by atoms with Crippen LogP contribution in [0.4, 0.5) is 8.78 Å². The molecule has 0 saturated carbocycles. The summed E-state index contributed by atoms with van der Waals surface area (Å²) in [6.45, 7) is 4.50. The summed E-state index contributed by atoms with van der Waals surface area (Å²) in [4.78, 5) is 3.41. The molecular formula is C13H18BF2NO2. The fraction of sp³-hybridized carbons (Fsp3) is 0.615. The molecule has 0 spiro atoms. The number of rotatable bonds is 2. The highest BCUT2D eigenvalue weighted by molar-refractivity contribution is 6.62. The molecule has 104 valence electrons. The average molecular weight is 273 g/mol. The lowest BCUT2D eigenvalue weighted by Gasteiger charge is -2.32. The van der Waals surface area contributed by atoms with Gasteiger partial charge < -0.3 is 9.31 Å². The highest BCUT2D eigenvalue weighted by Gasteiger charge is 2.52. The molecule has 0 atom stereocenters. The van der Waals surface area contributed by atoms with E-state index in [2.05, 4.69) is 4.98 Å². The third kappa shape index (κ3) is 2.51. The van der Waals surface area contributed by atoms with Crippen LogP contribution in [0, 0.1) is 6.85 Å². The van der Waals surface area contributed by atoms with E-state index in [-0.39, 0.29) is 11.0 Å². The van der Waals surface area contributed by atoms with Crippen LogP contribution in [-0.2, 0) is 9.31 Å². The van der Waals surface area contributed by atoms with Crippen molar-refractivity contribution in [2.75, 3.05) is 0 Å². The van der Waals surface area contributed by atoms with Crippen LogP contribution in [0.15, 0.2) is 12.3 Å². The molecule has 3 nitrogen and oxygen atoms in total. The Balaban J connectivity index is 2.56. The molecule has 1 aromatic heterocycles. The summed E-state index contributed by atoms with van der Waals surface area (Å²) in [5.74, 6) is 0. The highest BCUT2D eigenvalue weighted by atomic mass is 19.3. The normalized spacial score (nSPS) is 25.5. The molecule has 2 rings (SSSR count). The molecule has 0 aromatic carbocycles. The number of halogens is 2. The molecule has 0 unspecified atom stereocenters. The standard InChI is InChI=1S/C13H18BF2NO2/c1-8-7-17-10(11(15)16)6-9(8)14-18-12(2,3)13(4,5)19-14/h6-7,11H,1-5H3/i1D3,11D. The molecular weight excluding hydrogens is 251 g/mol. The molecule has 19 heavy (non-hydrogen) atoms. The number of hydrogen-bond acceptors (Lipinski definition) is 3. The Labute approximate surface area is 118 Å². The minimum atomic E-state index is -3.94. The predicted octanol–water partition coefficient (Wildman–Crippen LogP) is 2.63. The van der Waals surface area contributed by atoms with Crippen LogP contribution >= 0.6 is 0 Å². The molecule has 0 N–H and O–H groups in total. The van der Waals surface area contributed by atoms with E-state index in [9.17, 15) is 8.78 Å². The monoisotopic (exact) mass is 273 g/mol. The van der Waals surface area contributed by atoms with Gasteiger partial charge in [-0.3, -0.25) is 4.98 Å². The maximum atomic E-state index is 13.2. The summed E-state index contributed by atoms with van der Waals surface area (Å²) in [5.41, 5.74) is -2.65. The smallest absolute Gasteiger partial charge is 0.399 e. The number of hydrogen-bond donors (Lipinski definition) is 0. The van der Waals surface area contributed by atoms with Crippen LogP contribution in [-0.4, -0.2) is 23.3 Å². The Morgan fingerprint density at radius 1 is 1.32 bits per heavy atom. The van der Waals surface area contributed by atoms with Crippen molar-refractivity contribution < 1.29 is 23.6 Å². The van der Waals surface area contributed by atoms with Gasteiger partial charge in [0.1, 0.15) is 7.06 Å². The minimum Gasteiger partial charge on any atom is -0.399 e. The first kappa shape index (κ1) is 9.83. The number of aryl methyl sites for hydroxylation is 1. The van der Waals surface area contributed by atoms with E-state index in [1.807, 2.05) is 0 Å². The van der Waals surface area contributed by atoms with Gasteiger partial charge in [0.2, 0.25) is 0 Å². The van der Waals surface area contributed by atoms with Gasteiger partial charge in [-0.25, -0.2) is 8.78 Å². The van der Waals surface area contributed by atoms with Gasteiger partial charge in [-0.15, -0.1) is 0 Å². The predicted molar refractivity (Wildman–Crippen MR) is 69.6 cm³/mol. The lowest BCUT2D eigenvalue weighted by molar-refractivity contribution is 0.00578. The van der Waals surface area contributed by atoms with Gasteiger partial charge in [0.25, 0.3) is 6.40 Å². The van der Waals surface area contributed by atoms with Crippen molar-refractivity contribution in [3.05, 3.63) is 23.5 Å². The zero-order valence-electron chi connectivity index (χ0n) is 15.3. The SMILES string of the molecule is [2H]C([2H])([2H])c1cnc(C([2H])(F)F)cc1B1OC(C)(C)C(C)(C)O1. The molecule has 1 aromatic rings. The first-order valence-electron chi connectivity index (χ1n) is 7.89. The van der Waals surface area contributed by atoms with Crippen LogP contribution in [0.25, 0.3) is 0 Å². The van der Waals surface area contributed by atoms with Gasteiger partial charge in [0.05, 0.1) is 11.2 Å². The maximum absolute atomic E-state index is 13.2.